The van der Waals surface area contributed by atoms with Crippen LogP contribution in [0.1, 0.15) is 55.4 Å². The molecule has 234 valence electrons. The maximum absolute atomic E-state index is 14.3. The molecule has 2 aliphatic heterocycles. The van der Waals surface area contributed by atoms with Crippen LogP contribution in [0.3, 0.4) is 0 Å². The molecule has 1 saturated heterocycles. The smallest absolute Gasteiger partial charge is 0.218 e. The van der Waals surface area contributed by atoms with E-state index < -0.39 is 33.2 Å². The molecular formula is C36H44N2O5S. The van der Waals surface area contributed by atoms with E-state index in [1.807, 2.05) is 42.5 Å². The van der Waals surface area contributed by atoms with Crippen LogP contribution in [0.2, 0.25) is 0 Å². The van der Waals surface area contributed by atoms with Crippen LogP contribution in [0.4, 0.5) is 0 Å². The second-order valence-electron chi connectivity index (χ2n) is 13.6. The van der Waals surface area contributed by atoms with Crippen LogP contribution in [-0.2, 0) is 34.0 Å². The minimum atomic E-state index is -3.69. The minimum absolute atomic E-state index is 0.0571. The van der Waals surface area contributed by atoms with E-state index in [1.54, 1.807) is 11.4 Å². The van der Waals surface area contributed by atoms with Crippen molar-refractivity contribution in [2.45, 2.75) is 80.9 Å². The van der Waals surface area contributed by atoms with E-state index in [2.05, 4.69) is 49.1 Å². The SMILES string of the molecule is COc1ccc2c3c1OC1C(N(CC(C)C)S(=O)(=O)Cc4ccccc4)CC[C@@]4(O)[C@@H](C2)N(CCc2ccccc2)CC[C@]314. The van der Waals surface area contributed by atoms with Gasteiger partial charge < -0.3 is 14.6 Å². The molecule has 2 bridgehead atoms. The maximum Gasteiger partial charge on any atom is 0.218 e. The van der Waals surface area contributed by atoms with Crippen LogP contribution < -0.4 is 9.47 Å². The molecule has 7 nitrogen and oxygen atoms in total. The zero-order chi connectivity index (χ0) is 30.7. The molecule has 2 heterocycles. The monoisotopic (exact) mass is 616 g/mol. The lowest BCUT2D eigenvalue weighted by Gasteiger charge is -2.64. The second-order valence-corrected chi connectivity index (χ2v) is 15.5. The number of methoxy groups -OCH3 is 1. The summed E-state index contributed by atoms with van der Waals surface area (Å²) in [4.78, 5) is 2.48. The van der Waals surface area contributed by atoms with Gasteiger partial charge in [0.15, 0.2) is 11.5 Å². The number of likely N-dealkylation sites (tertiary alicyclic amines) is 1. The van der Waals surface area contributed by atoms with Crippen molar-refractivity contribution in [1.29, 1.82) is 0 Å². The number of rotatable bonds is 10. The third-order valence-electron chi connectivity index (χ3n) is 10.7. The predicted molar refractivity (Wildman–Crippen MR) is 171 cm³/mol. The van der Waals surface area contributed by atoms with Gasteiger partial charge in [-0.25, -0.2) is 8.42 Å². The maximum atomic E-state index is 14.3. The van der Waals surface area contributed by atoms with Gasteiger partial charge >= 0.3 is 0 Å². The number of ether oxygens (including phenoxy) is 2. The van der Waals surface area contributed by atoms with Crippen molar-refractivity contribution in [3.63, 3.8) is 0 Å². The van der Waals surface area contributed by atoms with Gasteiger partial charge in [0.1, 0.15) is 6.10 Å². The molecule has 1 spiro atoms. The average Bonchev–Trinajstić information content (AvgIpc) is 3.36. The Kier molecular flexibility index (Phi) is 7.55. The van der Waals surface area contributed by atoms with Gasteiger partial charge in [0.2, 0.25) is 10.0 Å². The van der Waals surface area contributed by atoms with E-state index in [9.17, 15) is 13.5 Å². The van der Waals surface area contributed by atoms with Gasteiger partial charge in [0.25, 0.3) is 0 Å². The fourth-order valence-electron chi connectivity index (χ4n) is 8.92. The summed E-state index contributed by atoms with van der Waals surface area (Å²) >= 11 is 0. The lowest BCUT2D eigenvalue weighted by Crippen LogP contribution is -2.78. The van der Waals surface area contributed by atoms with E-state index in [4.69, 9.17) is 9.47 Å². The summed E-state index contributed by atoms with van der Waals surface area (Å²) in [5.74, 6) is 1.42. The van der Waals surface area contributed by atoms with Crippen molar-refractivity contribution in [3.05, 3.63) is 95.1 Å². The number of piperidine rings is 1. The lowest BCUT2D eigenvalue weighted by atomic mass is 9.48. The standard InChI is InChI=1S/C36H44N2O5S/c1-25(2)23-38(44(40,41)24-27-12-8-5-9-13-27)29-16-18-36(39)31-22-28-14-15-30(42-3)33-32(28)35(36,34(29)43-33)19-21-37(31)20-17-26-10-6-4-7-11-26/h4-15,25,29,31,34,39H,16-24H2,1-3H3/t29?,31-,34?,35+,36-/m1/s1. The predicted octanol–water partition coefficient (Wildman–Crippen LogP) is 4.95. The molecule has 4 aliphatic rings. The highest BCUT2D eigenvalue weighted by Crippen LogP contribution is 2.66. The Bertz CT molecular complexity index is 1610. The average molecular weight is 617 g/mol. The number of hydrogen-bond donors (Lipinski definition) is 1. The van der Waals surface area contributed by atoms with E-state index in [1.165, 1.54) is 11.1 Å². The largest absolute Gasteiger partial charge is 0.493 e. The van der Waals surface area contributed by atoms with Crippen molar-refractivity contribution < 1.29 is 23.0 Å². The van der Waals surface area contributed by atoms with Gasteiger partial charge in [-0.1, -0.05) is 80.6 Å². The molecule has 0 aromatic heterocycles. The molecule has 3 aromatic carbocycles. The molecule has 5 atom stereocenters. The quantitative estimate of drug-likeness (QED) is 0.348. The van der Waals surface area contributed by atoms with Crippen LogP contribution in [0.15, 0.2) is 72.8 Å². The molecule has 44 heavy (non-hydrogen) atoms. The molecule has 0 amide bonds. The third-order valence-corrected chi connectivity index (χ3v) is 12.6. The fourth-order valence-corrected chi connectivity index (χ4v) is 10.9. The van der Waals surface area contributed by atoms with Crippen LogP contribution in [0.5, 0.6) is 11.5 Å². The summed E-state index contributed by atoms with van der Waals surface area (Å²) in [6.45, 7) is 6.22. The topological polar surface area (TPSA) is 79.3 Å². The number of benzene rings is 3. The van der Waals surface area contributed by atoms with E-state index in [0.29, 0.717) is 37.3 Å². The van der Waals surface area contributed by atoms with Crippen LogP contribution in [0, 0.1) is 5.92 Å². The minimum Gasteiger partial charge on any atom is -0.493 e. The highest BCUT2D eigenvalue weighted by Gasteiger charge is 2.73. The molecule has 0 radical (unpaired) electrons. The summed E-state index contributed by atoms with van der Waals surface area (Å²) < 4.78 is 43.0. The van der Waals surface area contributed by atoms with Gasteiger partial charge in [-0.3, -0.25) is 4.90 Å². The lowest BCUT2D eigenvalue weighted by molar-refractivity contribution is -0.196. The van der Waals surface area contributed by atoms with Crippen molar-refractivity contribution in [2.75, 3.05) is 26.7 Å². The Morgan fingerprint density at radius 1 is 1.02 bits per heavy atom. The van der Waals surface area contributed by atoms with E-state index >= 15 is 0 Å². The highest BCUT2D eigenvalue weighted by molar-refractivity contribution is 7.88. The number of nitrogens with zero attached hydrogens (tertiary/aromatic N) is 2. The summed E-state index contributed by atoms with van der Waals surface area (Å²) in [6.07, 6.45) is 2.92. The Hall–Kier alpha value is -2.91. The summed E-state index contributed by atoms with van der Waals surface area (Å²) in [5.41, 5.74) is 2.56. The molecule has 3 aromatic rings. The molecular weight excluding hydrogens is 572 g/mol. The summed E-state index contributed by atoms with van der Waals surface area (Å²) in [6, 6.07) is 23.6. The van der Waals surface area contributed by atoms with Crippen LogP contribution >= 0.6 is 0 Å². The van der Waals surface area contributed by atoms with Gasteiger partial charge in [0, 0.05) is 24.7 Å². The summed E-state index contributed by atoms with van der Waals surface area (Å²) in [7, 11) is -2.04. The van der Waals surface area contributed by atoms with Crippen molar-refractivity contribution in [1.82, 2.24) is 9.21 Å². The first-order valence-electron chi connectivity index (χ1n) is 16.1. The Morgan fingerprint density at radius 3 is 2.41 bits per heavy atom. The van der Waals surface area contributed by atoms with Crippen LogP contribution in [-0.4, -0.2) is 73.3 Å². The van der Waals surface area contributed by atoms with E-state index in [0.717, 1.165) is 37.1 Å². The van der Waals surface area contributed by atoms with E-state index in [-0.39, 0.29) is 17.7 Å². The number of aliphatic hydroxyl groups is 1. The fraction of sp³-hybridized carbons (Fsp3) is 0.500. The molecule has 8 heteroatoms. The molecule has 1 saturated carbocycles. The third kappa shape index (κ3) is 4.60. The first-order chi connectivity index (χ1) is 21.2. The van der Waals surface area contributed by atoms with Crippen molar-refractivity contribution in [3.8, 4) is 11.5 Å². The number of sulfonamides is 1. The van der Waals surface area contributed by atoms with Gasteiger partial charge in [-0.15, -0.1) is 0 Å². The van der Waals surface area contributed by atoms with Crippen LogP contribution in [0.25, 0.3) is 0 Å². The Morgan fingerprint density at radius 2 is 1.73 bits per heavy atom. The molecule has 7 rings (SSSR count). The van der Waals surface area contributed by atoms with Gasteiger partial charge in [0.05, 0.1) is 29.9 Å². The first-order valence-corrected chi connectivity index (χ1v) is 17.7. The molecule has 2 aliphatic carbocycles. The van der Waals surface area contributed by atoms with Gasteiger partial charge in [-0.05, 0) is 67.3 Å². The van der Waals surface area contributed by atoms with Crippen molar-refractivity contribution >= 4 is 10.0 Å². The highest BCUT2D eigenvalue weighted by atomic mass is 32.2. The van der Waals surface area contributed by atoms with Gasteiger partial charge in [-0.2, -0.15) is 4.31 Å². The zero-order valence-electron chi connectivity index (χ0n) is 26.0. The Labute approximate surface area is 261 Å². The summed E-state index contributed by atoms with van der Waals surface area (Å²) in [5, 5.41) is 13.0. The number of hydrogen-bond acceptors (Lipinski definition) is 6. The normalized spacial score (nSPS) is 29.0. The Balaban J connectivity index is 1.30. The molecule has 2 unspecified atom stereocenters. The zero-order valence-corrected chi connectivity index (χ0v) is 26.8. The molecule has 2 fully saturated rings. The van der Waals surface area contributed by atoms with Crippen molar-refractivity contribution in [2.24, 2.45) is 5.92 Å². The molecule has 1 N–H and O–H groups in total. The second kappa shape index (κ2) is 11.2. The first kappa shape index (κ1) is 29.8.